The molecule has 0 bridgehead atoms. The predicted octanol–water partition coefficient (Wildman–Crippen LogP) is 3.74. The van der Waals surface area contributed by atoms with Crippen LogP contribution in [0.3, 0.4) is 0 Å². The molecule has 18 heteroatoms. The summed E-state index contributed by atoms with van der Waals surface area (Å²) in [5, 5.41) is 10.1. The molecule has 258 valence electrons. The third kappa shape index (κ3) is 13.7. The van der Waals surface area contributed by atoms with Crippen molar-refractivity contribution in [3.8, 4) is 11.5 Å². The second-order valence-corrected chi connectivity index (χ2v) is 12.6. The number of nitrogens with one attached hydrogen (secondary N) is 1. The minimum Gasteiger partial charge on any atom is -0.450 e. The maximum atomic E-state index is 13.0. The molecule has 0 aliphatic rings. The lowest BCUT2D eigenvalue weighted by atomic mass is 10.2. The van der Waals surface area contributed by atoms with E-state index in [2.05, 4.69) is 20.5 Å². The fraction of sp³-hybridized carbons (Fsp3) is 0.517. The van der Waals surface area contributed by atoms with Crippen molar-refractivity contribution in [3.63, 3.8) is 0 Å². The van der Waals surface area contributed by atoms with E-state index in [1.54, 1.807) is 41.5 Å². The van der Waals surface area contributed by atoms with Crippen LogP contribution in [0.1, 0.15) is 61.3 Å². The predicted molar refractivity (Wildman–Crippen MR) is 170 cm³/mol. The number of guanidine groups is 1. The van der Waals surface area contributed by atoms with Gasteiger partial charge in [0, 0.05) is 12.1 Å². The molecule has 0 radical (unpaired) electrons. The molecule has 2 aromatic rings. The molecule has 0 spiro atoms. The van der Waals surface area contributed by atoms with Crippen LogP contribution in [-0.2, 0) is 28.5 Å². The Morgan fingerprint density at radius 1 is 1.02 bits per heavy atom. The lowest BCUT2D eigenvalue weighted by molar-refractivity contribution is -0.159. The summed E-state index contributed by atoms with van der Waals surface area (Å²) in [6, 6.07) is 4.77. The topological polar surface area (TPSA) is 241 Å². The summed E-state index contributed by atoms with van der Waals surface area (Å²) in [6.07, 6.45) is -1.28. The number of amides is 3. The van der Waals surface area contributed by atoms with Gasteiger partial charge in [-0.25, -0.2) is 24.1 Å². The van der Waals surface area contributed by atoms with Gasteiger partial charge in [0.15, 0.2) is 0 Å². The van der Waals surface area contributed by atoms with Gasteiger partial charge >= 0.3 is 30.2 Å². The largest absolute Gasteiger partial charge is 0.450 e. The van der Waals surface area contributed by atoms with Gasteiger partial charge in [0.05, 0.1) is 12.3 Å². The zero-order valence-electron chi connectivity index (χ0n) is 27.4. The van der Waals surface area contributed by atoms with Gasteiger partial charge in [-0.2, -0.15) is 0 Å². The number of unbranched alkanes of at least 4 members (excludes halogenated alkanes) is 1. The highest BCUT2D eigenvalue weighted by atomic mass is 32.2. The number of benzene rings is 1. The minimum absolute atomic E-state index is 0.00871. The molecule has 0 saturated heterocycles. The van der Waals surface area contributed by atoms with Gasteiger partial charge in [0.2, 0.25) is 11.9 Å². The van der Waals surface area contributed by atoms with E-state index in [1.165, 1.54) is 24.3 Å². The van der Waals surface area contributed by atoms with Gasteiger partial charge in [0.25, 0.3) is 5.22 Å². The summed E-state index contributed by atoms with van der Waals surface area (Å²) >= 11 is 0.808. The van der Waals surface area contributed by atoms with E-state index >= 15 is 0 Å². The van der Waals surface area contributed by atoms with E-state index in [-0.39, 0.29) is 35.7 Å². The Labute approximate surface area is 276 Å². The summed E-state index contributed by atoms with van der Waals surface area (Å²) in [7, 11) is 0. The average molecular weight is 680 g/mol. The fourth-order valence-electron chi connectivity index (χ4n) is 3.25. The van der Waals surface area contributed by atoms with Crippen LogP contribution < -0.4 is 21.7 Å². The van der Waals surface area contributed by atoms with Crippen molar-refractivity contribution in [1.29, 1.82) is 0 Å². The molecule has 0 aliphatic carbocycles. The van der Waals surface area contributed by atoms with Gasteiger partial charge in [-0.05, 0) is 72.2 Å². The number of ether oxygens (including phenoxy) is 4. The van der Waals surface area contributed by atoms with E-state index in [0.29, 0.717) is 12.0 Å². The summed E-state index contributed by atoms with van der Waals surface area (Å²) in [4.78, 5) is 66.2. The monoisotopic (exact) mass is 679 g/mol. The van der Waals surface area contributed by atoms with Gasteiger partial charge < -0.3 is 40.1 Å². The van der Waals surface area contributed by atoms with Crippen molar-refractivity contribution in [2.75, 3.05) is 23.8 Å². The maximum Gasteiger partial charge on any atom is 0.437 e. The lowest BCUT2D eigenvalue weighted by Crippen LogP contribution is -2.47. The van der Waals surface area contributed by atoms with Gasteiger partial charge in [-0.15, -0.1) is 15.2 Å². The van der Waals surface area contributed by atoms with Crippen molar-refractivity contribution in [2.45, 2.75) is 83.8 Å². The van der Waals surface area contributed by atoms with E-state index in [4.69, 9.17) is 34.8 Å². The second kappa shape index (κ2) is 17.3. The number of anilines is 1. The maximum absolute atomic E-state index is 13.0. The number of hydrogen-bond acceptors (Lipinski definition) is 14. The SMILES string of the molecule is CCCCOC(=O)NC(CN)C(=O)OC(=O)CSc1nnc(-c2ccc(N(C(=O)OC(C)(C)C)C(N)=NC(=O)OC(C)(C)C)cc2)o1. The number of aliphatic imine (C=N–C) groups is 1. The van der Waals surface area contributed by atoms with E-state index in [1.807, 2.05) is 6.92 Å². The average Bonchev–Trinajstić information content (AvgIpc) is 3.42. The highest BCUT2D eigenvalue weighted by Gasteiger charge is 2.28. The van der Waals surface area contributed by atoms with E-state index in [0.717, 1.165) is 23.1 Å². The summed E-state index contributed by atoms with van der Waals surface area (Å²) < 4.78 is 25.9. The molecule has 1 atom stereocenters. The standard InChI is InChI=1S/C29H41N7O10S/c1-8-9-14-42-24(39)32-19(15-30)22(38)43-20(37)16-47-26-35-34-21(44-26)17-10-12-18(13-11-17)36(27(41)46-29(5,6)7)23(31)33-25(40)45-28(2,3)4/h10-13,19H,8-9,14-16,30H2,1-7H3,(H,32,39)(H2,31,33,40). The van der Waals surface area contributed by atoms with Crippen molar-refractivity contribution in [2.24, 2.45) is 16.5 Å². The lowest BCUT2D eigenvalue weighted by Gasteiger charge is -2.26. The highest BCUT2D eigenvalue weighted by Crippen LogP contribution is 2.26. The Balaban J connectivity index is 2.08. The molecule has 0 saturated carbocycles. The van der Waals surface area contributed by atoms with Crippen LogP contribution >= 0.6 is 11.8 Å². The van der Waals surface area contributed by atoms with Crippen molar-refractivity contribution in [3.05, 3.63) is 24.3 Å². The molecule has 5 N–H and O–H groups in total. The zero-order chi connectivity index (χ0) is 35.4. The van der Waals surface area contributed by atoms with Crippen LogP contribution in [-0.4, -0.2) is 82.5 Å². The van der Waals surface area contributed by atoms with Gasteiger partial charge in [-0.3, -0.25) is 4.79 Å². The summed E-state index contributed by atoms with van der Waals surface area (Å²) in [5.74, 6) is -2.77. The second-order valence-electron chi connectivity index (χ2n) is 11.7. The molecule has 1 aromatic heterocycles. The molecule has 2 rings (SSSR count). The fourth-order valence-corrected chi connectivity index (χ4v) is 3.78. The Morgan fingerprint density at radius 3 is 2.23 bits per heavy atom. The summed E-state index contributed by atoms with van der Waals surface area (Å²) in [6.45, 7) is 11.7. The third-order valence-corrected chi connectivity index (χ3v) is 6.05. The van der Waals surface area contributed by atoms with E-state index < -0.39 is 53.4 Å². The van der Waals surface area contributed by atoms with Crippen LogP contribution in [0.15, 0.2) is 38.9 Å². The van der Waals surface area contributed by atoms with Crippen LogP contribution in [0.5, 0.6) is 0 Å². The van der Waals surface area contributed by atoms with Gasteiger partial charge in [0.1, 0.15) is 23.0 Å². The molecule has 3 amide bonds. The number of thioether (sulfide) groups is 1. The number of nitrogens with zero attached hydrogens (tertiary/aromatic N) is 4. The smallest absolute Gasteiger partial charge is 0.437 e. The van der Waals surface area contributed by atoms with Crippen LogP contribution in [0, 0.1) is 0 Å². The number of esters is 2. The molecular weight excluding hydrogens is 638 g/mol. The quantitative estimate of drug-likeness (QED) is 0.0583. The van der Waals surface area contributed by atoms with Crippen LogP contribution in [0.2, 0.25) is 0 Å². The third-order valence-electron chi connectivity index (χ3n) is 5.25. The number of nitrogens with two attached hydrogens (primary N) is 2. The Kier molecular flexibility index (Phi) is 14.1. The van der Waals surface area contributed by atoms with E-state index in [9.17, 15) is 24.0 Å². The molecule has 47 heavy (non-hydrogen) atoms. The number of carbonyl (C=O) groups is 5. The van der Waals surface area contributed by atoms with Crippen molar-refractivity contribution < 1.29 is 47.3 Å². The first-order valence-electron chi connectivity index (χ1n) is 14.5. The zero-order valence-corrected chi connectivity index (χ0v) is 28.2. The molecule has 1 heterocycles. The van der Waals surface area contributed by atoms with Crippen LogP contribution in [0.25, 0.3) is 11.5 Å². The number of alkyl carbamates (subject to hydrolysis) is 1. The minimum atomic E-state index is -1.28. The highest BCUT2D eigenvalue weighted by molar-refractivity contribution is 7.99. The first-order chi connectivity index (χ1) is 21.9. The summed E-state index contributed by atoms with van der Waals surface area (Å²) in [5.41, 5.74) is 10.5. The molecule has 1 unspecified atom stereocenters. The normalized spacial score (nSPS) is 12.5. The molecule has 0 aliphatic heterocycles. The first kappa shape index (κ1) is 38.5. The molecule has 0 fully saturated rings. The van der Waals surface area contributed by atoms with Gasteiger partial charge in [-0.1, -0.05) is 25.1 Å². The molecule has 17 nitrogen and oxygen atoms in total. The number of aromatic nitrogens is 2. The van der Waals surface area contributed by atoms with Crippen molar-refractivity contribution >= 4 is 53.6 Å². The number of hydrogen-bond donors (Lipinski definition) is 3. The van der Waals surface area contributed by atoms with Crippen LogP contribution in [0.4, 0.5) is 20.1 Å². The Bertz CT molecular complexity index is 1430. The Morgan fingerprint density at radius 2 is 1.66 bits per heavy atom. The number of rotatable bonds is 11. The molecule has 1 aromatic carbocycles. The van der Waals surface area contributed by atoms with Crippen molar-refractivity contribution in [1.82, 2.24) is 15.5 Å². The first-order valence-corrected chi connectivity index (χ1v) is 15.5. The number of carbonyl (C=O) groups excluding carboxylic acids is 5. The Hall–Kier alpha value is -4.71. The molecular formula is C29H41N7O10S.